The van der Waals surface area contributed by atoms with Gasteiger partial charge in [-0.25, -0.2) is 0 Å². The van der Waals surface area contributed by atoms with Crippen molar-refractivity contribution >= 4 is 0 Å². The minimum atomic E-state index is -0.593. The lowest BCUT2D eigenvalue weighted by Gasteiger charge is -2.14. The largest absolute Gasteiger partial charge is 0.497 e. The normalized spacial score (nSPS) is 11.9. The SMILES string of the molecule is COc1ccc([C@H](C)O)c(OCc2ccccn2)c1. The lowest BCUT2D eigenvalue weighted by molar-refractivity contribution is 0.189. The molecule has 0 saturated carbocycles. The van der Waals surface area contributed by atoms with Crippen LogP contribution in [-0.2, 0) is 6.61 Å². The van der Waals surface area contributed by atoms with Crippen LogP contribution in [0.25, 0.3) is 0 Å². The third-order valence-electron chi connectivity index (χ3n) is 2.77. The molecule has 4 heteroatoms. The first-order valence-corrected chi connectivity index (χ1v) is 6.09. The molecular formula is C15H17NO3. The van der Waals surface area contributed by atoms with Gasteiger partial charge in [-0.15, -0.1) is 0 Å². The first-order valence-electron chi connectivity index (χ1n) is 6.09. The molecule has 4 nitrogen and oxygen atoms in total. The van der Waals surface area contributed by atoms with E-state index in [-0.39, 0.29) is 0 Å². The molecular weight excluding hydrogens is 242 g/mol. The van der Waals surface area contributed by atoms with Gasteiger partial charge in [0, 0.05) is 17.8 Å². The lowest BCUT2D eigenvalue weighted by atomic mass is 10.1. The summed E-state index contributed by atoms with van der Waals surface area (Å²) >= 11 is 0. The van der Waals surface area contributed by atoms with Crippen LogP contribution >= 0.6 is 0 Å². The fourth-order valence-corrected chi connectivity index (χ4v) is 1.75. The van der Waals surface area contributed by atoms with Crippen LogP contribution in [-0.4, -0.2) is 17.2 Å². The number of ether oxygens (including phenoxy) is 2. The summed E-state index contributed by atoms with van der Waals surface area (Å²) in [5, 5.41) is 9.73. The zero-order valence-corrected chi connectivity index (χ0v) is 11.0. The fourth-order valence-electron chi connectivity index (χ4n) is 1.75. The second-order valence-electron chi connectivity index (χ2n) is 4.19. The molecule has 0 bridgehead atoms. The number of hydrogen-bond acceptors (Lipinski definition) is 4. The minimum Gasteiger partial charge on any atom is -0.497 e. The number of methoxy groups -OCH3 is 1. The Bertz CT molecular complexity index is 526. The van der Waals surface area contributed by atoms with Crippen molar-refractivity contribution in [2.45, 2.75) is 19.6 Å². The van der Waals surface area contributed by atoms with E-state index in [9.17, 15) is 5.11 Å². The molecule has 0 unspecified atom stereocenters. The summed E-state index contributed by atoms with van der Waals surface area (Å²) in [5.41, 5.74) is 1.57. The van der Waals surface area contributed by atoms with Gasteiger partial charge in [0.1, 0.15) is 18.1 Å². The van der Waals surface area contributed by atoms with Gasteiger partial charge in [0.2, 0.25) is 0 Å². The first kappa shape index (κ1) is 13.4. The summed E-state index contributed by atoms with van der Waals surface area (Å²) in [4.78, 5) is 4.19. The Kier molecular flexibility index (Phi) is 4.36. The van der Waals surface area contributed by atoms with Gasteiger partial charge in [-0.05, 0) is 31.2 Å². The number of aromatic nitrogens is 1. The molecule has 0 saturated heterocycles. The monoisotopic (exact) mass is 259 g/mol. The van der Waals surface area contributed by atoms with Crippen molar-refractivity contribution in [1.29, 1.82) is 0 Å². The first-order chi connectivity index (χ1) is 9.20. The van der Waals surface area contributed by atoms with E-state index in [0.29, 0.717) is 18.1 Å². The smallest absolute Gasteiger partial charge is 0.130 e. The van der Waals surface area contributed by atoms with Gasteiger partial charge in [0.25, 0.3) is 0 Å². The molecule has 1 aromatic heterocycles. The summed E-state index contributed by atoms with van der Waals surface area (Å²) < 4.78 is 10.9. The third-order valence-corrected chi connectivity index (χ3v) is 2.77. The van der Waals surface area contributed by atoms with E-state index >= 15 is 0 Å². The van der Waals surface area contributed by atoms with Crippen LogP contribution in [0.4, 0.5) is 0 Å². The van der Waals surface area contributed by atoms with Gasteiger partial charge in [-0.2, -0.15) is 0 Å². The van der Waals surface area contributed by atoms with Gasteiger partial charge in [-0.3, -0.25) is 4.98 Å². The molecule has 100 valence electrons. The number of hydrogen-bond donors (Lipinski definition) is 1. The second-order valence-corrected chi connectivity index (χ2v) is 4.19. The average Bonchev–Trinajstić information content (AvgIpc) is 2.45. The van der Waals surface area contributed by atoms with Crippen LogP contribution < -0.4 is 9.47 Å². The van der Waals surface area contributed by atoms with E-state index in [1.54, 1.807) is 38.4 Å². The van der Waals surface area contributed by atoms with Gasteiger partial charge >= 0.3 is 0 Å². The van der Waals surface area contributed by atoms with Crippen LogP contribution in [0.15, 0.2) is 42.6 Å². The maximum atomic E-state index is 9.73. The highest BCUT2D eigenvalue weighted by Crippen LogP contribution is 2.29. The molecule has 0 spiro atoms. The van der Waals surface area contributed by atoms with E-state index in [4.69, 9.17) is 9.47 Å². The van der Waals surface area contributed by atoms with Gasteiger partial charge < -0.3 is 14.6 Å². The van der Waals surface area contributed by atoms with Crippen molar-refractivity contribution in [1.82, 2.24) is 4.98 Å². The molecule has 0 fully saturated rings. The third kappa shape index (κ3) is 3.45. The number of pyridine rings is 1. The summed E-state index contributed by atoms with van der Waals surface area (Å²) in [5.74, 6) is 1.31. The summed E-state index contributed by atoms with van der Waals surface area (Å²) in [6, 6.07) is 11.0. The van der Waals surface area contributed by atoms with E-state index in [2.05, 4.69) is 4.98 Å². The predicted molar refractivity (Wildman–Crippen MR) is 72.2 cm³/mol. The summed E-state index contributed by atoms with van der Waals surface area (Å²) in [6.45, 7) is 2.06. The molecule has 19 heavy (non-hydrogen) atoms. The molecule has 0 radical (unpaired) electrons. The summed E-state index contributed by atoms with van der Waals surface area (Å²) in [7, 11) is 1.60. The molecule has 0 aliphatic heterocycles. The van der Waals surface area contributed by atoms with E-state index in [1.165, 1.54) is 0 Å². The van der Waals surface area contributed by atoms with Gasteiger partial charge in [-0.1, -0.05) is 6.07 Å². The second kappa shape index (κ2) is 6.20. The maximum Gasteiger partial charge on any atom is 0.130 e. The van der Waals surface area contributed by atoms with E-state index in [1.807, 2.05) is 18.2 Å². The highest BCUT2D eigenvalue weighted by molar-refractivity contribution is 5.41. The topological polar surface area (TPSA) is 51.6 Å². The van der Waals surface area contributed by atoms with Crippen molar-refractivity contribution in [3.05, 3.63) is 53.9 Å². The van der Waals surface area contributed by atoms with Crippen molar-refractivity contribution in [2.75, 3.05) is 7.11 Å². The molecule has 1 aromatic carbocycles. The molecule has 1 heterocycles. The summed E-state index contributed by atoms with van der Waals surface area (Å²) in [6.07, 6.45) is 1.13. The molecule has 2 aromatic rings. The number of rotatable bonds is 5. The van der Waals surface area contributed by atoms with Crippen LogP contribution in [0, 0.1) is 0 Å². The Morgan fingerprint density at radius 1 is 1.26 bits per heavy atom. The van der Waals surface area contributed by atoms with Crippen LogP contribution in [0.2, 0.25) is 0 Å². The fraction of sp³-hybridized carbons (Fsp3) is 0.267. The Morgan fingerprint density at radius 2 is 2.11 bits per heavy atom. The van der Waals surface area contributed by atoms with Crippen LogP contribution in [0.1, 0.15) is 24.3 Å². The Morgan fingerprint density at radius 3 is 2.74 bits per heavy atom. The number of benzene rings is 1. The van der Waals surface area contributed by atoms with Crippen LogP contribution in [0.3, 0.4) is 0 Å². The molecule has 1 N–H and O–H groups in total. The highest BCUT2D eigenvalue weighted by atomic mass is 16.5. The van der Waals surface area contributed by atoms with E-state index < -0.39 is 6.10 Å². The van der Waals surface area contributed by atoms with Crippen molar-refractivity contribution in [3.63, 3.8) is 0 Å². The van der Waals surface area contributed by atoms with Crippen molar-refractivity contribution in [2.24, 2.45) is 0 Å². The zero-order chi connectivity index (χ0) is 13.7. The quantitative estimate of drug-likeness (QED) is 0.897. The predicted octanol–water partition coefficient (Wildman–Crippen LogP) is 2.72. The maximum absolute atomic E-state index is 9.73. The number of nitrogens with zero attached hydrogens (tertiary/aromatic N) is 1. The van der Waals surface area contributed by atoms with Crippen molar-refractivity contribution in [3.8, 4) is 11.5 Å². The molecule has 0 amide bonds. The standard InChI is InChI=1S/C15H17NO3/c1-11(17)14-7-6-13(18-2)9-15(14)19-10-12-5-3-4-8-16-12/h3-9,11,17H,10H2,1-2H3/t11-/m0/s1. The Balaban J connectivity index is 2.18. The zero-order valence-electron chi connectivity index (χ0n) is 11.0. The van der Waals surface area contributed by atoms with Crippen molar-refractivity contribution < 1.29 is 14.6 Å². The number of aliphatic hydroxyl groups excluding tert-OH is 1. The average molecular weight is 259 g/mol. The molecule has 0 aliphatic rings. The lowest BCUT2D eigenvalue weighted by Crippen LogP contribution is -2.02. The Hall–Kier alpha value is -2.07. The van der Waals surface area contributed by atoms with Gasteiger partial charge in [0.15, 0.2) is 0 Å². The molecule has 1 atom stereocenters. The molecule has 0 aliphatic carbocycles. The highest BCUT2D eigenvalue weighted by Gasteiger charge is 2.11. The van der Waals surface area contributed by atoms with E-state index in [0.717, 1.165) is 11.3 Å². The van der Waals surface area contributed by atoms with Crippen LogP contribution in [0.5, 0.6) is 11.5 Å². The van der Waals surface area contributed by atoms with Gasteiger partial charge in [0.05, 0.1) is 18.9 Å². The number of aliphatic hydroxyl groups is 1. The molecule has 2 rings (SSSR count). The minimum absolute atomic E-state index is 0.355. The Labute approximate surface area is 112 Å².